The number of likely N-dealkylation sites (N-methyl/N-ethyl adjacent to an activating group) is 2. The molecule has 0 unspecified atom stereocenters. The van der Waals surface area contributed by atoms with E-state index in [2.05, 4.69) is 30.9 Å². The molecule has 1 aliphatic carbocycles. The Balaban J connectivity index is 2.06. The van der Waals surface area contributed by atoms with Gasteiger partial charge in [0.15, 0.2) is 0 Å². The van der Waals surface area contributed by atoms with Crippen molar-refractivity contribution < 1.29 is 9.53 Å². The third-order valence-corrected chi connectivity index (χ3v) is 4.66. The lowest BCUT2D eigenvalue weighted by Gasteiger charge is -2.49. The zero-order valence-corrected chi connectivity index (χ0v) is 13.6. The Morgan fingerprint density at radius 3 is 2.43 bits per heavy atom. The lowest BCUT2D eigenvalue weighted by molar-refractivity contribution is 0.0257. The van der Waals surface area contributed by atoms with Crippen LogP contribution in [0.15, 0.2) is 24.3 Å². The van der Waals surface area contributed by atoms with E-state index in [1.54, 1.807) is 0 Å². The molecule has 0 atom stereocenters. The molecule has 0 N–H and O–H groups in total. The van der Waals surface area contributed by atoms with Crippen LogP contribution >= 0.6 is 0 Å². The van der Waals surface area contributed by atoms with Gasteiger partial charge in [0.1, 0.15) is 0 Å². The van der Waals surface area contributed by atoms with Crippen molar-refractivity contribution in [3.63, 3.8) is 0 Å². The summed E-state index contributed by atoms with van der Waals surface area (Å²) in [4.78, 5) is 16.5. The summed E-state index contributed by atoms with van der Waals surface area (Å²) in [5.74, 6) is -0.259. The maximum Gasteiger partial charge on any atom is 0.338 e. The number of ether oxygens (including phenoxy) is 1. The number of nitrogens with zero attached hydrogens (tertiary/aromatic N) is 2. The van der Waals surface area contributed by atoms with Gasteiger partial charge in [-0.15, -0.1) is 0 Å². The maximum atomic E-state index is 11.8. The fraction of sp³-hybridized carbons (Fsp3) is 0.588. The second-order valence-electron chi connectivity index (χ2n) is 6.29. The minimum Gasteiger partial charge on any atom is -0.465 e. The molecule has 2 rings (SSSR count). The molecule has 1 aliphatic rings. The first-order chi connectivity index (χ1) is 9.98. The first-order valence-corrected chi connectivity index (χ1v) is 7.51. The number of carbonyl (C=O) groups excluding carboxylic acids is 1. The van der Waals surface area contributed by atoms with Crippen LogP contribution in [0.3, 0.4) is 0 Å². The van der Waals surface area contributed by atoms with Crippen LogP contribution in [0.5, 0.6) is 0 Å². The summed E-state index contributed by atoms with van der Waals surface area (Å²) >= 11 is 0. The summed E-state index contributed by atoms with van der Waals surface area (Å²) in [7, 11) is 7.88. The lowest BCUT2D eigenvalue weighted by Crippen LogP contribution is -2.56. The van der Waals surface area contributed by atoms with E-state index in [0.717, 1.165) is 18.7 Å². The molecule has 0 aromatic heterocycles. The van der Waals surface area contributed by atoms with Crippen LogP contribution in [0.25, 0.3) is 0 Å². The Labute approximate surface area is 127 Å². The van der Waals surface area contributed by atoms with Gasteiger partial charge in [0.2, 0.25) is 0 Å². The lowest BCUT2D eigenvalue weighted by atomic mass is 9.75. The molecule has 0 radical (unpaired) electrons. The first-order valence-electron chi connectivity index (χ1n) is 7.51. The molecule has 4 heteroatoms. The zero-order chi connectivity index (χ0) is 15.5. The fourth-order valence-corrected chi connectivity index (χ4v) is 3.15. The Morgan fingerprint density at radius 2 is 1.90 bits per heavy atom. The van der Waals surface area contributed by atoms with Crippen molar-refractivity contribution >= 4 is 5.97 Å². The summed E-state index contributed by atoms with van der Waals surface area (Å²) in [5, 5.41) is 0. The highest BCUT2D eigenvalue weighted by atomic mass is 16.5. The van der Waals surface area contributed by atoms with Crippen LogP contribution in [0, 0.1) is 0 Å². The molecule has 0 amide bonds. The van der Waals surface area contributed by atoms with Crippen molar-refractivity contribution in [3.05, 3.63) is 35.4 Å². The van der Waals surface area contributed by atoms with Gasteiger partial charge in [-0.3, -0.25) is 0 Å². The van der Waals surface area contributed by atoms with E-state index in [1.165, 1.54) is 26.4 Å². The Kier molecular flexibility index (Phi) is 5.01. The minimum atomic E-state index is -0.259. The van der Waals surface area contributed by atoms with Gasteiger partial charge in [-0.05, 0) is 52.0 Å². The molecule has 1 saturated carbocycles. The van der Waals surface area contributed by atoms with Crippen molar-refractivity contribution in [1.82, 2.24) is 9.80 Å². The number of carbonyl (C=O) groups is 1. The molecule has 0 bridgehead atoms. The summed E-state index contributed by atoms with van der Waals surface area (Å²) in [6.45, 7) is 1.79. The first kappa shape index (κ1) is 16.0. The Morgan fingerprint density at radius 1 is 1.24 bits per heavy atom. The van der Waals surface area contributed by atoms with Gasteiger partial charge in [0.25, 0.3) is 0 Å². The van der Waals surface area contributed by atoms with E-state index < -0.39 is 0 Å². The second-order valence-corrected chi connectivity index (χ2v) is 6.29. The summed E-state index contributed by atoms with van der Waals surface area (Å²) in [5.41, 5.74) is 1.99. The monoisotopic (exact) mass is 290 g/mol. The summed E-state index contributed by atoms with van der Waals surface area (Å²) < 4.78 is 4.86. The molecule has 21 heavy (non-hydrogen) atoms. The van der Waals surface area contributed by atoms with Crippen LogP contribution in [-0.4, -0.2) is 56.1 Å². The number of hydrogen-bond donors (Lipinski definition) is 0. The highest BCUT2D eigenvalue weighted by molar-refractivity contribution is 5.90. The SMILES string of the molecule is COC(=O)c1ccccc1CN(C)CC1(N(C)C)CCC1. The van der Waals surface area contributed by atoms with Crippen molar-refractivity contribution in [2.24, 2.45) is 0 Å². The summed E-state index contributed by atoms with van der Waals surface area (Å²) in [6.07, 6.45) is 3.82. The molecule has 0 saturated heterocycles. The van der Waals surface area contributed by atoms with Crippen LogP contribution in [-0.2, 0) is 11.3 Å². The zero-order valence-electron chi connectivity index (χ0n) is 13.6. The third kappa shape index (κ3) is 3.44. The molecule has 116 valence electrons. The van der Waals surface area contributed by atoms with Gasteiger partial charge in [-0.25, -0.2) is 4.79 Å². The van der Waals surface area contributed by atoms with E-state index in [-0.39, 0.29) is 5.97 Å². The van der Waals surface area contributed by atoms with Gasteiger partial charge < -0.3 is 14.5 Å². The van der Waals surface area contributed by atoms with Crippen LogP contribution in [0.4, 0.5) is 0 Å². The van der Waals surface area contributed by atoms with Gasteiger partial charge in [-0.2, -0.15) is 0 Å². The predicted octanol–water partition coefficient (Wildman–Crippen LogP) is 2.39. The van der Waals surface area contributed by atoms with Crippen molar-refractivity contribution in [1.29, 1.82) is 0 Å². The van der Waals surface area contributed by atoms with Crippen molar-refractivity contribution in [2.45, 2.75) is 31.3 Å². The highest BCUT2D eigenvalue weighted by Crippen LogP contribution is 2.36. The topological polar surface area (TPSA) is 32.8 Å². The largest absolute Gasteiger partial charge is 0.465 e. The molecule has 1 fully saturated rings. The number of methoxy groups -OCH3 is 1. The quantitative estimate of drug-likeness (QED) is 0.753. The van der Waals surface area contributed by atoms with E-state index in [9.17, 15) is 4.79 Å². The van der Waals surface area contributed by atoms with Gasteiger partial charge >= 0.3 is 5.97 Å². The van der Waals surface area contributed by atoms with Gasteiger partial charge in [-0.1, -0.05) is 18.2 Å². The molecule has 0 aliphatic heterocycles. The molecule has 1 aromatic rings. The Bertz CT molecular complexity index is 495. The van der Waals surface area contributed by atoms with E-state index in [1.807, 2.05) is 24.3 Å². The average Bonchev–Trinajstić information content (AvgIpc) is 2.42. The number of rotatable bonds is 6. The smallest absolute Gasteiger partial charge is 0.338 e. The standard InChI is InChI=1S/C17H26N2O2/c1-18(2)17(10-7-11-17)13-19(3)12-14-8-5-6-9-15(14)16(20)21-4/h5-6,8-9H,7,10-13H2,1-4H3. The Hall–Kier alpha value is -1.39. The predicted molar refractivity (Wildman–Crippen MR) is 84.4 cm³/mol. The molecule has 1 aromatic carbocycles. The van der Waals surface area contributed by atoms with Gasteiger partial charge in [0, 0.05) is 18.6 Å². The maximum absolute atomic E-state index is 11.8. The third-order valence-electron chi connectivity index (χ3n) is 4.66. The van der Waals surface area contributed by atoms with Gasteiger partial charge in [0.05, 0.1) is 12.7 Å². The summed E-state index contributed by atoms with van der Waals surface area (Å²) in [6, 6.07) is 7.69. The number of hydrogen-bond acceptors (Lipinski definition) is 4. The van der Waals surface area contributed by atoms with E-state index >= 15 is 0 Å². The molecular weight excluding hydrogens is 264 g/mol. The molecular formula is C17H26N2O2. The van der Waals surface area contributed by atoms with Crippen LogP contribution in [0.1, 0.15) is 35.2 Å². The van der Waals surface area contributed by atoms with Crippen LogP contribution < -0.4 is 0 Å². The number of benzene rings is 1. The normalized spacial score (nSPS) is 16.9. The molecule has 0 heterocycles. The van der Waals surface area contributed by atoms with Crippen molar-refractivity contribution in [2.75, 3.05) is 34.8 Å². The minimum absolute atomic E-state index is 0.259. The molecule has 0 spiro atoms. The second kappa shape index (κ2) is 6.58. The highest BCUT2D eigenvalue weighted by Gasteiger charge is 2.39. The average molecular weight is 290 g/mol. The van der Waals surface area contributed by atoms with Crippen LogP contribution in [0.2, 0.25) is 0 Å². The van der Waals surface area contributed by atoms with E-state index in [0.29, 0.717) is 11.1 Å². The number of esters is 1. The van der Waals surface area contributed by atoms with Crippen molar-refractivity contribution in [3.8, 4) is 0 Å². The fourth-order valence-electron chi connectivity index (χ4n) is 3.15. The van der Waals surface area contributed by atoms with E-state index in [4.69, 9.17) is 4.74 Å². The molecule has 4 nitrogen and oxygen atoms in total.